The van der Waals surface area contributed by atoms with Crippen molar-refractivity contribution in [2.24, 2.45) is 0 Å². The molecule has 1 fully saturated rings. The van der Waals surface area contributed by atoms with Gasteiger partial charge in [-0.1, -0.05) is 12.1 Å². The van der Waals surface area contributed by atoms with Crippen LogP contribution in [0.1, 0.15) is 43.0 Å². The Hall–Kier alpha value is -1.84. The lowest BCUT2D eigenvalue weighted by Crippen LogP contribution is -2.46. The van der Waals surface area contributed by atoms with Crippen LogP contribution in [0, 0.1) is 0 Å². The Morgan fingerprint density at radius 2 is 2.10 bits per heavy atom. The van der Waals surface area contributed by atoms with Crippen LogP contribution in [-0.4, -0.2) is 30.3 Å². The summed E-state index contributed by atoms with van der Waals surface area (Å²) in [7, 11) is 0. The minimum absolute atomic E-state index is 0.0663. The molecule has 0 aromatic heterocycles. The number of benzene rings is 1. The van der Waals surface area contributed by atoms with Crippen LogP contribution >= 0.6 is 0 Å². The lowest BCUT2D eigenvalue weighted by atomic mass is 10.1. The van der Waals surface area contributed by atoms with Gasteiger partial charge >= 0.3 is 0 Å². The predicted molar refractivity (Wildman–Crippen MR) is 78.0 cm³/mol. The average molecular weight is 272 g/mol. The number of fused-ring (bicyclic) bond motifs is 1. The summed E-state index contributed by atoms with van der Waals surface area (Å²) in [5.41, 5.74) is 1.64. The monoisotopic (exact) mass is 272 g/mol. The molecule has 1 aromatic rings. The Balaban J connectivity index is 1.86. The van der Waals surface area contributed by atoms with Gasteiger partial charge in [0.2, 0.25) is 5.91 Å². The van der Waals surface area contributed by atoms with Crippen LogP contribution < -0.4 is 10.2 Å². The molecule has 1 unspecified atom stereocenters. The molecule has 1 saturated carbocycles. The Morgan fingerprint density at radius 3 is 2.85 bits per heavy atom. The first kappa shape index (κ1) is 13.2. The Bertz CT molecular complexity index is 537. The van der Waals surface area contributed by atoms with Gasteiger partial charge in [0.15, 0.2) is 5.78 Å². The minimum Gasteiger partial charge on any atom is -0.359 e. The third-order valence-corrected chi connectivity index (χ3v) is 4.09. The van der Waals surface area contributed by atoms with E-state index in [-0.39, 0.29) is 17.7 Å². The van der Waals surface area contributed by atoms with Crippen LogP contribution in [0.25, 0.3) is 0 Å². The van der Waals surface area contributed by atoms with Gasteiger partial charge in [-0.05, 0) is 38.3 Å². The molecule has 4 nitrogen and oxygen atoms in total. The maximum atomic E-state index is 12.3. The summed E-state index contributed by atoms with van der Waals surface area (Å²) >= 11 is 0. The quantitative estimate of drug-likeness (QED) is 0.917. The van der Waals surface area contributed by atoms with E-state index >= 15 is 0 Å². The lowest BCUT2D eigenvalue weighted by Gasteiger charge is -2.30. The largest absolute Gasteiger partial charge is 0.359 e. The number of Topliss-reactive ketones (excluding diaryl/α,β-unsaturated/α-hetero) is 1. The lowest BCUT2D eigenvalue weighted by molar-refractivity contribution is -0.122. The van der Waals surface area contributed by atoms with Crippen molar-refractivity contribution in [1.29, 1.82) is 0 Å². The summed E-state index contributed by atoms with van der Waals surface area (Å²) in [4.78, 5) is 26.4. The third kappa shape index (κ3) is 2.55. The van der Waals surface area contributed by atoms with Gasteiger partial charge in [-0.15, -0.1) is 0 Å². The van der Waals surface area contributed by atoms with E-state index in [1.54, 1.807) is 0 Å². The van der Waals surface area contributed by atoms with Gasteiger partial charge in [-0.25, -0.2) is 0 Å². The molecule has 1 aliphatic heterocycles. The second-order valence-corrected chi connectivity index (χ2v) is 5.70. The SMILES string of the molecule is CC(C(=O)NC1CC1)N1CCCC(=O)c2ccccc21. The third-order valence-electron chi connectivity index (χ3n) is 4.09. The number of nitrogens with zero attached hydrogens (tertiary/aromatic N) is 1. The fraction of sp³-hybridized carbons (Fsp3) is 0.500. The standard InChI is InChI=1S/C16H20N2O2/c1-11(16(20)17-12-8-9-12)18-10-4-7-15(19)13-5-2-3-6-14(13)18/h2-3,5-6,11-12H,4,7-10H2,1H3,(H,17,20). The summed E-state index contributed by atoms with van der Waals surface area (Å²) in [6.45, 7) is 2.67. The van der Waals surface area contributed by atoms with E-state index in [2.05, 4.69) is 10.2 Å². The molecular formula is C16H20N2O2. The average Bonchev–Trinajstić information content (AvgIpc) is 3.27. The van der Waals surface area contributed by atoms with Gasteiger partial charge in [0.05, 0.1) is 0 Å². The minimum atomic E-state index is -0.234. The number of anilines is 1. The van der Waals surface area contributed by atoms with Crippen LogP contribution in [0.5, 0.6) is 0 Å². The molecule has 2 aliphatic rings. The summed E-state index contributed by atoms with van der Waals surface area (Å²) in [6, 6.07) is 7.75. The van der Waals surface area contributed by atoms with E-state index in [1.165, 1.54) is 0 Å². The van der Waals surface area contributed by atoms with E-state index in [0.717, 1.165) is 37.1 Å². The first-order valence-corrected chi connectivity index (χ1v) is 7.36. The summed E-state index contributed by atoms with van der Waals surface area (Å²) < 4.78 is 0. The van der Waals surface area contributed by atoms with Crippen LogP contribution in [-0.2, 0) is 4.79 Å². The smallest absolute Gasteiger partial charge is 0.242 e. The van der Waals surface area contributed by atoms with Crippen molar-refractivity contribution in [1.82, 2.24) is 5.32 Å². The van der Waals surface area contributed by atoms with Gasteiger partial charge < -0.3 is 10.2 Å². The normalized spacial score (nSPS) is 20.1. The summed E-state index contributed by atoms with van der Waals surface area (Å²) in [5, 5.41) is 3.05. The number of carbonyl (C=O) groups excluding carboxylic acids is 2. The van der Waals surface area contributed by atoms with Gasteiger partial charge in [-0.3, -0.25) is 9.59 Å². The molecule has 20 heavy (non-hydrogen) atoms. The first-order valence-electron chi connectivity index (χ1n) is 7.36. The zero-order valence-electron chi connectivity index (χ0n) is 11.8. The van der Waals surface area contributed by atoms with Crippen LogP contribution in [0.15, 0.2) is 24.3 Å². The van der Waals surface area contributed by atoms with Crippen molar-refractivity contribution in [2.75, 3.05) is 11.4 Å². The van der Waals surface area contributed by atoms with Crippen LogP contribution in [0.2, 0.25) is 0 Å². The number of rotatable bonds is 3. The maximum absolute atomic E-state index is 12.3. The fourth-order valence-electron chi connectivity index (χ4n) is 2.72. The van der Waals surface area contributed by atoms with Crippen LogP contribution in [0.3, 0.4) is 0 Å². The molecular weight excluding hydrogens is 252 g/mol. The zero-order chi connectivity index (χ0) is 14.1. The Morgan fingerprint density at radius 1 is 1.35 bits per heavy atom. The van der Waals surface area contributed by atoms with Gasteiger partial charge in [0.1, 0.15) is 6.04 Å². The van der Waals surface area contributed by atoms with E-state index in [0.29, 0.717) is 12.5 Å². The highest BCUT2D eigenvalue weighted by atomic mass is 16.2. The van der Waals surface area contributed by atoms with Crippen molar-refractivity contribution in [3.63, 3.8) is 0 Å². The highest BCUT2D eigenvalue weighted by Gasteiger charge is 2.30. The number of hydrogen-bond acceptors (Lipinski definition) is 3. The molecule has 3 rings (SSSR count). The second-order valence-electron chi connectivity index (χ2n) is 5.70. The van der Waals surface area contributed by atoms with E-state index in [1.807, 2.05) is 31.2 Å². The van der Waals surface area contributed by atoms with E-state index in [9.17, 15) is 9.59 Å². The topological polar surface area (TPSA) is 49.4 Å². The Labute approximate surface area is 119 Å². The Kier molecular flexibility index (Phi) is 3.47. The van der Waals surface area contributed by atoms with Gasteiger partial charge in [0.25, 0.3) is 0 Å². The first-order chi connectivity index (χ1) is 9.66. The van der Waals surface area contributed by atoms with Crippen molar-refractivity contribution >= 4 is 17.4 Å². The second kappa shape index (κ2) is 5.27. The van der Waals surface area contributed by atoms with Crippen molar-refractivity contribution in [2.45, 2.75) is 44.7 Å². The zero-order valence-corrected chi connectivity index (χ0v) is 11.8. The molecule has 0 radical (unpaired) electrons. The molecule has 1 amide bonds. The molecule has 4 heteroatoms. The number of amides is 1. The van der Waals surface area contributed by atoms with E-state index in [4.69, 9.17) is 0 Å². The number of carbonyl (C=O) groups is 2. The predicted octanol–water partition coefficient (Wildman–Crippen LogP) is 2.14. The molecule has 1 atom stereocenters. The molecule has 1 aliphatic carbocycles. The van der Waals surface area contributed by atoms with Crippen molar-refractivity contribution < 1.29 is 9.59 Å². The molecule has 0 saturated heterocycles. The van der Waals surface area contributed by atoms with Gasteiger partial charge in [0, 0.05) is 30.3 Å². The molecule has 1 heterocycles. The van der Waals surface area contributed by atoms with E-state index < -0.39 is 0 Å². The number of para-hydroxylation sites is 1. The van der Waals surface area contributed by atoms with Crippen molar-refractivity contribution in [3.8, 4) is 0 Å². The molecule has 0 bridgehead atoms. The summed E-state index contributed by atoms with van der Waals surface area (Å²) in [5.74, 6) is 0.245. The highest BCUT2D eigenvalue weighted by Crippen LogP contribution is 2.28. The van der Waals surface area contributed by atoms with Crippen LogP contribution in [0.4, 0.5) is 5.69 Å². The fourth-order valence-corrected chi connectivity index (χ4v) is 2.72. The molecule has 1 aromatic carbocycles. The van der Waals surface area contributed by atoms with Gasteiger partial charge in [-0.2, -0.15) is 0 Å². The highest BCUT2D eigenvalue weighted by molar-refractivity contribution is 6.02. The molecule has 1 N–H and O–H groups in total. The number of hydrogen-bond donors (Lipinski definition) is 1. The molecule has 106 valence electrons. The number of nitrogens with one attached hydrogen (secondary N) is 1. The maximum Gasteiger partial charge on any atom is 0.242 e. The summed E-state index contributed by atoms with van der Waals surface area (Å²) in [6.07, 6.45) is 3.54. The number of ketones is 1. The molecule has 0 spiro atoms. The van der Waals surface area contributed by atoms with Crippen molar-refractivity contribution in [3.05, 3.63) is 29.8 Å².